The van der Waals surface area contributed by atoms with Crippen molar-refractivity contribution in [1.82, 2.24) is 16.4 Å². The predicted molar refractivity (Wildman–Crippen MR) is 46.4 cm³/mol. The number of rotatable bonds is 0. The van der Waals surface area contributed by atoms with Gasteiger partial charge in [-0.1, -0.05) is 0 Å². The summed E-state index contributed by atoms with van der Waals surface area (Å²) in [4.78, 5) is 12.1. The first-order valence-electron chi connectivity index (χ1n) is 3.81. The number of nitrogens with one attached hydrogen (secondary N) is 1. The van der Waals surface area contributed by atoms with E-state index in [2.05, 4.69) is 5.32 Å². The molecule has 0 radical (unpaired) electrons. The lowest BCUT2D eigenvalue weighted by Gasteiger charge is -2.21. The molecule has 0 aromatic heterocycles. The molecule has 0 aromatic rings. The first kappa shape index (κ1) is 11.2. The van der Waals surface area contributed by atoms with Crippen molar-refractivity contribution in [3.63, 3.8) is 0 Å². The first-order chi connectivity index (χ1) is 5.04. The molecule has 0 aromatic carbocycles. The highest BCUT2D eigenvalue weighted by atomic mass is 16.4. The van der Waals surface area contributed by atoms with Crippen LogP contribution in [0.1, 0.15) is 20.8 Å². The molecule has 1 saturated heterocycles. The SMILES string of the molecule is CC1NC(C)N(C(=O)O)C1C.N. The Morgan fingerprint density at radius 1 is 1.42 bits per heavy atom. The Hall–Kier alpha value is -0.810. The summed E-state index contributed by atoms with van der Waals surface area (Å²) in [5, 5.41) is 11.9. The molecular formula is C7H17N3O2. The highest BCUT2D eigenvalue weighted by Crippen LogP contribution is 2.15. The number of hydrogen-bond acceptors (Lipinski definition) is 3. The van der Waals surface area contributed by atoms with E-state index in [9.17, 15) is 4.79 Å². The minimum absolute atomic E-state index is 0. The topological polar surface area (TPSA) is 87.6 Å². The monoisotopic (exact) mass is 175 g/mol. The summed E-state index contributed by atoms with van der Waals surface area (Å²) >= 11 is 0. The molecule has 5 heteroatoms. The van der Waals surface area contributed by atoms with E-state index in [1.807, 2.05) is 20.8 Å². The number of amides is 1. The van der Waals surface area contributed by atoms with Crippen LogP contribution in [0, 0.1) is 0 Å². The van der Waals surface area contributed by atoms with Gasteiger partial charge in [0.2, 0.25) is 0 Å². The third-order valence-electron chi connectivity index (χ3n) is 2.30. The Bertz CT molecular complexity index is 174. The number of hydrogen-bond donors (Lipinski definition) is 3. The van der Waals surface area contributed by atoms with Gasteiger partial charge in [-0.15, -0.1) is 0 Å². The van der Waals surface area contributed by atoms with E-state index in [1.165, 1.54) is 4.90 Å². The maximum atomic E-state index is 10.7. The molecule has 72 valence electrons. The Morgan fingerprint density at radius 3 is 2.08 bits per heavy atom. The Labute approximate surface area is 72.3 Å². The Morgan fingerprint density at radius 2 is 1.92 bits per heavy atom. The fourth-order valence-electron chi connectivity index (χ4n) is 1.53. The molecule has 0 saturated carbocycles. The van der Waals surface area contributed by atoms with Gasteiger partial charge in [-0.2, -0.15) is 0 Å². The van der Waals surface area contributed by atoms with Gasteiger partial charge in [0.05, 0.1) is 6.17 Å². The second-order valence-corrected chi connectivity index (χ2v) is 3.06. The van der Waals surface area contributed by atoms with Gasteiger partial charge < -0.3 is 11.3 Å². The van der Waals surface area contributed by atoms with E-state index in [-0.39, 0.29) is 24.4 Å². The summed E-state index contributed by atoms with van der Waals surface area (Å²) < 4.78 is 0. The van der Waals surface area contributed by atoms with Crippen molar-refractivity contribution in [3.8, 4) is 0 Å². The number of carbonyl (C=O) groups is 1. The second kappa shape index (κ2) is 3.73. The van der Waals surface area contributed by atoms with Crippen molar-refractivity contribution < 1.29 is 9.90 Å². The van der Waals surface area contributed by atoms with Crippen LogP contribution >= 0.6 is 0 Å². The van der Waals surface area contributed by atoms with Crippen LogP contribution in [0.5, 0.6) is 0 Å². The van der Waals surface area contributed by atoms with Crippen molar-refractivity contribution in [3.05, 3.63) is 0 Å². The molecule has 1 aliphatic rings. The normalized spacial score (nSPS) is 34.6. The number of carboxylic acid groups (broad SMARTS) is 1. The minimum atomic E-state index is -0.846. The molecule has 0 spiro atoms. The summed E-state index contributed by atoms with van der Waals surface area (Å²) in [5.74, 6) is 0. The standard InChI is InChI=1S/C7H14N2O2.H3N/c1-4-5(2)9(7(10)11)6(3)8-4;/h4-6,8H,1-3H3,(H,10,11);1H3. The average Bonchev–Trinajstić information content (AvgIpc) is 2.07. The van der Waals surface area contributed by atoms with Crippen LogP contribution < -0.4 is 11.5 Å². The summed E-state index contributed by atoms with van der Waals surface area (Å²) in [5.41, 5.74) is 0. The molecule has 1 rings (SSSR count). The molecule has 1 heterocycles. The summed E-state index contributed by atoms with van der Waals surface area (Å²) in [6, 6.07) is 0.323. The fraction of sp³-hybridized carbons (Fsp3) is 0.857. The Kier molecular flexibility index (Phi) is 3.48. The summed E-state index contributed by atoms with van der Waals surface area (Å²) in [6.45, 7) is 5.76. The van der Waals surface area contributed by atoms with E-state index in [0.29, 0.717) is 0 Å². The van der Waals surface area contributed by atoms with Crippen LogP contribution in [-0.2, 0) is 0 Å². The highest BCUT2D eigenvalue weighted by molar-refractivity contribution is 5.66. The molecule has 0 bridgehead atoms. The van der Waals surface area contributed by atoms with Gasteiger partial charge in [0.1, 0.15) is 0 Å². The molecule has 3 atom stereocenters. The third-order valence-corrected chi connectivity index (χ3v) is 2.30. The third kappa shape index (κ3) is 1.67. The lowest BCUT2D eigenvalue weighted by atomic mass is 10.2. The first-order valence-corrected chi connectivity index (χ1v) is 3.81. The molecular weight excluding hydrogens is 158 g/mol. The molecule has 1 amide bonds. The van der Waals surface area contributed by atoms with E-state index in [1.54, 1.807) is 0 Å². The maximum Gasteiger partial charge on any atom is 0.408 e. The molecule has 12 heavy (non-hydrogen) atoms. The van der Waals surface area contributed by atoms with Gasteiger partial charge in [-0.3, -0.25) is 10.2 Å². The van der Waals surface area contributed by atoms with Crippen LogP contribution in [0.4, 0.5) is 4.79 Å². The van der Waals surface area contributed by atoms with Gasteiger partial charge in [-0.05, 0) is 20.8 Å². The van der Waals surface area contributed by atoms with E-state index in [0.717, 1.165) is 0 Å². The molecule has 0 aliphatic carbocycles. The van der Waals surface area contributed by atoms with Crippen LogP contribution in [0.25, 0.3) is 0 Å². The van der Waals surface area contributed by atoms with Crippen molar-refractivity contribution in [2.75, 3.05) is 0 Å². The zero-order valence-electron chi connectivity index (χ0n) is 7.74. The van der Waals surface area contributed by atoms with Crippen LogP contribution in [0.2, 0.25) is 0 Å². The summed E-state index contributed by atoms with van der Waals surface area (Å²) in [7, 11) is 0. The van der Waals surface area contributed by atoms with Crippen molar-refractivity contribution in [2.24, 2.45) is 0 Å². The minimum Gasteiger partial charge on any atom is -0.465 e. The second-order valence-electron chi connectivity index (χ2n) is 3.06. The largest absolute Gasteiger partial charge is 0.465 e. The van der Waals surface area contributed by atoms with Gasteiger partial charge >= 0.3 is 6.09 Å². The zero-order valence-corrected chi connectivity index (χ0v) is 7.74. The lowest BCUT2D eigenvalue weighted by Crippen LogP contribution is -2.40. The smallest absolute Gasteiger partial charge is 0.408 e. The molecule has 5 nitrogen and oxygen atoms in total. The van der Waals surface area contributed by atoms with Gasteiger partial charge in [-0.25, -0.2) is 4.79 Å². The quantitative estimate of drug-likeness (QED) is 0.509. The van der Waals surface area contributed by atoms with E-state index < -0.39 is 6.09 Å². The summed E-state index contributed by atoms with van der Waals surface area (Å²) in [6.07, 6.45) is -0.903. The lowest BCUT2D eigenvalue weighted by molar-refractivity contribution is 0.126. The van der Waals surface area contributed by atoms with Crippen LogP contribution in [0.3, 0.4) is 0 Å². The van der Waals surface area contributed by atoms with Gasteiger partial charge in [0, 0.05) is 12.1 Å². The van der Waals surface area contributed by atoms with Crippen LogP contribution in [-0.4, -0.2) is 34.3 Å². The van der Waals surface area contributed by atoms with Gasteiger partial charge in [0.15, 0.2) is 0 Å². The van der Waals surface area contributed by atoms with Crippen LogP contribution in [0.15, 0.2) is 0 Å². The van der Waals surface area contributed by atoms with Crippen molar-refractivity contribution in [2.45, 2.75) is 39.0 Å². The fourth-order valence-corrected chi connectivity index (χ4v) is 1.53. The molecule has 1 fully saturated rings. The van der Waals surface area contributed by atoms with Crippen molar-refractivity contribution >= 4 is 6.09 Å². The highest BCUT2D eigenvalue weighted by Gasteiger charge is 2.35. The average molecular weight is 175 g/mol. The van der Waals surface area contributed by atoms with Gasteiger partial charge in [0.25, 0.3) is 0 Å². The zero-order chi connectivity index (χ0) is 8.59. The van der Waals surface area contributed by atoms with E-state index in [4.69, 9.17) is 5.11 Å². The van der Waals surface area contributed by atoms with E-state index >= 15 is 0 Å². The van der Waals surface area contributed by atoms with Crippen molar-refractivity contribution in [1.29, 1.82) is 0 Å². The predicted octanol–water partition coefficient (Wildman–Crippen LogP) is 0.855. The maximum absolute atomic E-state index is 10.7. The molecule has 1 aliphatic heterocycles. The number of nitrogens with zero attached hydrogens (tertiary/aromatic N) is 1. The molecule has 3 unspecified atom stereocenters. The molecule has 5 N–H and O–H groups in total. The Balaban J connectivity index is 0.00000121.